The lowest BCUT2D eigenvalue weighted by molar-refractivity contribution is 0.458. The highest BCUT2D eigenvalue weighted by Crippen LogP contribution is 2.17. The van der Waals surface area contributed by atoms with Crippen molar-refractivity contribution in [2.45, 2.75) is 31.2 Å². The average Bonchev–Trinajstić information content (AvgIpc) is 2.35. The van der Waals surface area contributed by atoms with E-state index in [4.69, 9.17) is 5.73 Å². The predicted octanol–water partition coefficient (Wildman–Crippen LogP) is 0.961. The Morgan fingerprint density at radius 1 is 1.47 bits per heavy atom. The SMILES string of the molecule is CCCCN(C)S(=O)(=O)c1cccnc1CN. The Morgan fingerprint density at radius 2 is 2.18 bits per heavy atom. The largest absolute Gasteiger partial charge is 0.325 e. The summed E-state index contributed by atoms with van der Waals surface area (Å²) in [6.07, 6.45) is 3.35. The van der Waals surface area contributed by atoms with Gasteiger partial charge in [0.2, 0.25) is 10.0 Å². The van der Waals surface area contributed by atoms with E-state index < -0.39 is 10.0 Å². The molecule has 0 spiro atoms. The highest BCUT2D eigenvalue weighted by Gasteiger charge is 2.23. The molecule has 0 aliphatic carbocycles. The summed E-state index contributed by atoms with van der Waals surface area (Å²) in [5, 5.41) is 0. The van der Waals surface area contributed by atoms with Crippen LogP contribution in [0.5, 0.6) is 0 Å². The molecule has 0 aliphatic rings. The molecular weight excluding hydrogens is 238 g/mol. The highest BCUT2D eigenvalue weighted by atomic mass is 32.2. The summed E-state index contributed by atoms with van der Waals surface area (Å²) < 4.78 is 25.9. The van der Waals surface area contributed by atoms with E-state index in [9.17, 15) is 8.42 Å². The Labute approximate surface area is 103 Å². The van der Waals surface area contributed by atoms with Gasteiger partial charge in [0.1, 0.15) is 4.90 Å². The first-order valence-corrected chi connectivity index (χ1v) is 7.08. The third-order valence-electron chi connectivity index (χ3n) is 2.56. The maximum Gasteiger partial charge on any atom is 0.244 e. The van der Waals surface area contributed by atoms with E-state index >= 15 is 0 Å². The summed E-state index contributed by atoms with van der Waals surface area (Å²) in [6, 6.07) is 3.16. The van der Waals surface area contributed by atoms with E-state index in [-0.39, 0.29) is 11.4 Å². The normalized spacial score (nSPS) is 12.0. The molecule has 1 heterocycles. The molecule has 0 saturated carbocycles. The summed E-state index contributed by atoms with van der Waals surface area (Å²) in [7, 11) is -1.88. The van der Waals surface area contributed by atoms with Crippen LogP contribution in [0.4, 0.5) is 0 Å². The summed E-state index contributed by atoms with van der Waals surface area (Å²) in [6.45, 7) is 2.66. The summed E-state index contributed by atoms with van der Waals surface area (Å²) in [4.78, 5) is 4.20. The zero-order valence-electron chi connectivity index (χ0n) is 10.3. The number of hydrogen-bond acceptors (Lipinski definition) is 4. The van der Waals surface area contributed by atoms with Gasteiger partial charge in [-0.25, -0.2) is 12.7 Å². The van der Waals surface area contributed by atoms with Crippen LogP contribution in [0.1, 0.15) is 25.5 Å². The molecule has 0 bridgehead atoms. The van der Waals surface area contributed by atoms with Crippen molar-refractivity contribution in [3.63, 3.8) is 0 Å². The van der Waals surface area contributed by atoms with Crippen molar-refractivity contribution in [1.82, 2.24) is 9.29 Å². The topological polar surface area (TPSA) is 76.3 Å². The fraction of sp³-hybridized carbons (Fsp3) is 0.545. The molecule has 0 aromatic carbocycles. The first-order valence-electron chi connectivity index (χ1n) is 5.64. The Balaban J connectivity index is 3.04. The molecular formula is C11H19N3O2S. The van der Waals surface area contributed by atoms with Crippen molar-refractivity contribution < 1.29 is 8.42 Å². The molecule has 0 atom stereocenters. The standard InChI is InChI=1S/C11H19N3O2S/c1-3-4-8-14(2)17(15,16)11-6-5-7-13-10(11)9-12/h5-7H,3-4,8-9,12H2,1-2H3. The van der Waals surface area contributed by atoms with Gasteiger partial charge in [-0.1, -0.05) is 13.3 Å². The molecule has 1 aromatic heterocycles. The summed E-state index contributed by atoms with van der Waals surface area (Å²) in [5.41, 5.74) is 5.91. The summed E-state index contributed by atoms with van der Waals surface area (Å²) in [5.74, 6) is 0. The van der Waals surface area contributed by atoms with Gasteiger partial charge in [0, 0.05) is 26.3 Å². The number of unbranched alkanes of at least 4 members (excludes halogenated alkanes) is 1. The lowest BCUT2D eigenvalue weighted by Crippen LogP contribution is -2.29. The van der Waals surface area contributed by atoms with Gasteiger partial charge in [-0.05, 0) is 18.6 Å². The molecule has 5 nitrogen and oxygen atoms in total. The molecule has 0 unspecified atom stereocenters. The van der Waals surface area contributed by atoms with Crippen LogP contribution in [0.25, 0.3) is 0 Å². The van der Waals surface area contributed by atoms with E-state index in [1.807, 2.05) is 6.92 Å². The van der Waals surface area contributed by atoms with E-state index in [0.717, 1.165) is 12.8 Å². The second-order valence-corrected chi connectivity index (χ2v) is 5.85. The van der Waals surface area contributed by atoms with Crippen molar-refractivity contribution in [2.24, 2.45) is 5.73 Å². The number of sulfonamides is 1. The molecule has 0 aliphatic heterocycles. The van der Waals surface area contributed by atoms with Gasteiger partial charge in [0.15, 0.2) is 0 Å². The van der Waals surface area contributed by atoms with Crippen LogP contribution in [0.3, 0.4) is 0 Å². The zero-order valence-corrected chi connectivity index (χ0v) is 11.1. The van der Waals surface area contributed by atoms with Crippen LogP contribution in [0.2, 0.25) is 0 Å². The van der Waals surface area contributed by atoms with Crippen molar-refractivity contribution in [1.29, 1.82) is 0 Å². The van der Waals surface area contributed by atoms with Gasteiger partial charge in [0.05, 0.1) is 5.69 Å². The van der Waals surface area contributed by atoms with Crippen LogP contribution in [-0.2, 0) is 16.6 Å². The maximum atomic E-state index is 12.2. The number of rotatable bonds is 6. The van der Waals surface area contributed by atoms with Crippen LogP contribution in [0, 0.1) is 0 Å². The minimum absolute atomic E-state index is 0.122. The van der Waals surface area contributed by atoms with E-state index in [0.29, 0.717) is 12.2 Å². The highest BCUT2D eigenvalue weighted by molar-refractivity contribution is 7.89. The molecule has 17 heavy (non-hydrogen) atoms. The molecule has 6 heteroatoms. The Hall–Kier alpha value is -0.980. The van der Waals surface area contributed by atoms with Gasteiger partial charge >= 0.3 is 0 Å². The number of nitrogens with two attached hydrogens (primary N) is 1. The van der Waals surface area contributed by atoms with Crippen molar-refractivity contribution in [2.75, 3.05) is 13.6 Å². The van der Waals surface area contributed by atoms with Gasteiger partial charge in [-0.3, -0.25) is 4.98 Å². The molecule has 0 amide bonds. The zero-order chi connectivity index (χ0) is 12.9. The predicted molar refractivity (Wildman–Crippen MR) is 66.9 cm³/mol. The lowest BCUT2D eigenvalue weighted by atomic mass is 10.3. The Morgan fingerprint density at radius 3 is 2.76 bits per heavy atom. The smallest absolute Gasteiger partial charge is 0.244 e. The molecule has 1 rings (SSSR count). The monoisotopic (exact) mass is 257 g/mol. The van der Waals surface area contributed by atoms with Gasteiger partial charge in [-0.2, -0.15) is 0 Å². The minimum Gasteiger partial charge on any atom is -0.325 e. The first kappa shape index (κ1) is 14.1. The quantitative estimate of drug-likeness (QED) is 0.823. The Bertz CT molecular complexity index is 460. The van der Waals surface area contributed by atoms with Crippen molar-refractivity contribution in [3.8, 4) is 0 Å². The van der Waals surface area contributed by atoms with Crippen LogP contribution in [0.15, 0.2) is 23.2 Å². The van der Waals surface area contributed by atoms with Crippen molar-refractivity contribution in [3.05, 3.63) is 24.0 Å². The molecule has 96 valence electrons. The number of aromatic nitrogens is 1. The van der Waals surface area contributed by atoms with Crippen LogP contribution < -0.4 is 5.73 Å². The molecule has 0 saturated heterocycles. The fourth-order valence-electron chi connectivity index (χ4n) is 1.48. The second kappa shape index (κ2) is 6.09. The molecule has 1 aromatic rings. The third kappa shape index (κ3) is 3.24. The van der Waals surface area contributed by atoms with Gasteiger partial charge < -0.3 is 5.73 Å². The first-order chi connectivity index (χ1) is 8.04. The van der Waals surface area contributed by atoms with E-state index in [1.54, 1.807) is 25.4 Å². The number of pyridine rings is 1. The Kier molecular flexibility index (Phi) is 5.04. The van der Waals surface area contributed by atoms with E-state index in [1.165, 1.54) is 4.31 Å². The molecule has 2 N–H and O–H groups in total. The molecule has 0 fully saturated rings. The maximum absolute atomic E-state index is 12.2. The minimum atomic E-state index is -3.46. The van der Waals surface area contributed by atoms with Crippen LogP contribution >= 0.6 is 0 Å². The number of hydrogen-bond donors (Lipinski definition) is 1. The summed E-state index contributed by atoms with van der Waals surface area (Å²) >= 11 is 0. The fourth-order valence-corrected chi connectivity index (χ4v) is 2.87. The lowest BCUT2D eigenvalue weighted by Gasteiger charge is -2.18. The second-order valence-electron chi connectivity index (χ2n) is 3.83. The van der Waals surface area contributed by atoms with Crippen LogP contribution in [-0.4, -0.2) is 31.3 Å². The average molecular weight is 257 g/mol. The van der Waals surface area contributed by atoms with Gasteiger partial charge in [0.25, 0.3) is 0 Å². The number of nitrogens with zero attached hydrogens (tertiary/aromatic N) is 2. The van der Waals surface area contributed by atoms with Crippen molar-refractivity contribution >= 4 is 10.0 Å². The third-order valence-corrected chi connectivity index (χ3v) is 4.49. The van der Waals surface area contributed by atoms with Gasteiger partial charge in [-0.15, -0.1) is 0 Å². The van der Waals surface area contributed by atoms with E-state index in [2.05, 4.69) is 4.98 Å². The molecule has 0 radical (unpaired) electrons.